The molecule has 0 saturated heterocycles. The zero-order valence-corrected chi connectivity index (χ0v) is 42.4. The number of hydrogen-bond acceptors (Lipinski definition) is 0. The molecule has 320 valence electrons. The van der Waals surface area contributed by atoms with Crippen LogP contribution in [-0.2, 0) is 36.2 Å². The average Bonchev–Trinajstić information content (AvgIpc) is 3.91. The van der Waals surface area contributed by atoms with Gasteiger partial charge in [-0.1, -0.05) is 242 Å². The van der Waals surface area contributed by atoms with Gasteiger partial charge in [0, 0.05) is 0 Å². The quantitative estimate of drug-likeness (QED) is 0.0579. The van der Waals surface area contributed by atoms with Gasteiger partial charge in [0.1, 0.15) is 0 Å². The van der Waals surface area contributed by atoms with Gasteiger partial charge in [0.05, 0.1) is 0 Å². The van der Waals surface area contributed by atoms with Crippen molar-refractivity contribution in [2.75, 3.05) is 0 Å². The predicted molar refractivity (Wildman–Crippen MR) is 274 cm³/mol. The zero-order chi connectivity index (χ0) is 42.4. The van der Waals surface area contributed by atoms with Gasteiger partial charge in [0.15, 0.2) is 0 Å². The summed E-state index contributed by atoms with van der Waals surface area (Å²) in [5.74, 6) is 0. The van der Waals surface area contributed by atoms with Gasteiger partial charge in [-0.15, -0.1) is 44.8 Å². The third-order valence-electron chi connectivity index (χ3n) is 12.0. The summed E-state index contributed by atoms with van der Waals surface area (Å²) in [7, 11) is 0. The van der Waals surface area contributed by atoms with Crippen LogP contribution in [0.15, 0.2) is 146 Å². The zero-order valence-electron chi connectivity index (χ0n) is 38.9. The summed E-state index contributed by atoms with van der Waals surface area (Å²) in [5.41, 5.74) is 18.8. The van der Waals surface area contributed by atoms with Crippen molar-refractivity contribution in [2.45, 2.75) is 106 Å². The van der Waals surface area contributed by atoms with Crippen molar-refractivity contribution in [3.63, 3.8) is 0 Å². The first-order valence-corrected chi connectivity index (χ1v) is 26.5. The van der Waals surface area contributed by atoms with Gasteiger partial charge in [-0.25, -0.2) is 0 Å². The maximum absolute atomic E-state index is 3.06. The molecule has 0 aliphatic rings. The normalized spacial score (nSPS) is 10.6. The molecule has 0 aliphatic heterocycles. The van der Waals surface area contributed by atoms with Crippen LogP contribution in [0, 0.1) is 42.5 Å². The van der Waals surface area contributed by atoms with Crippen LogP contribution in [0.4, 0.5) is 0 Å². The molecule has 0 saturated carbocycles. The maximum atomic E-state index is 3.06. The Bertz CT molecular complexity index is 2200. The minimum absolute atomic E-state index is 0. The molecule has 0 aromatic heterocycles. The Balaban J connectivity index is 0.000000254. The Morgan fingerprint density at radius 1 is 0.371 bits per heavy atom. The van der Waals surface area contributed by atoms with Gasteiger partial charge in [0.2, 0.25) is 0 Å². The molecule has 0 fully saturated rings. The molecule has 0 atom stereocenters. The summed E-state index contributed by atoms with van der Waals surface area (Å²) in [6.45, 7) is 16.2. The summed E-state index contributed by atoms with van der Waals surface area (Å²) in [5, 5.41) is 5.55. The third kappa shape index (κ3) is 12.9. The van der Waals surface area contributed by atoms with Crippen molar-refractivity contribution in [1.29, 1.82) is 0 Å². The van der Waals surface area contributed by atoms with Gasteiger partial charge < -0.3 is 14.9 Å². The van der Waals surface area contributed by atoms with Gasteiger partial charge in [-0.05, 0) is 51.7 Å². The fourth-order valence-electron chi connectivity index (χ4n) is 8.46. The molecule has 0 N–H and O–H groups in total. The molecule has 62 heavy (non-hydrogen) atoms. The molecule has 2 radical (unpaired) electrons. The van der Waals surface area contributed by atoms with E-state index in [0.717, 1.165) is 0 Å². The van der Waals surface area contributed by atoms with Crippen LogP contribution < -0.4 is 0 Å². The average molecular weight is 909 g/mol. The van der Waals surface area contributed by atoms with Crippen molar-refractivity contribution in [2.24, 2.45) is 0 Å². The summed E-state index contributed by atoms with van der Waals surface area (Å²) >= 11 is 1.36. The van der Waals surface area contributed by atoms with Crippen molar-refractivity contribution in [1.82, 2.24) is 0 Å². The first kappa shape index (κ1) is 50.3. The molecule has 8 aromatic rings. The van der Waals surface area contributed by atoms with Gasteiger partial charge in [-0.3, -0.25) is 0 Å². The predicted octanol–water partition coefficient (Wildman–Crippen LogP) is 17.8. The Morgan fingerprint density at radius 3 is 0.935 bits per heavy atom. The van der Waals surface area contributed by atoms with E-state index in [-0.39, 0.29) is 14.9 Å². The molecule has 0 spiro atoms. The van der Waals surface area contributed by atoms with Gasteiger partial charge >= 0.3 is 30.2 Å². The Labute approximate surface area is 393 Å². The second-order valence-corrected chi connectivity index (χ2v) is 16.8. The van der Waals surface area contributed by atoms with Crippen molar-refractivity contribution in [3.05, 3.63) is 194 Å². The van der Waals surface area contributed by atoms with Crippen molar-refractivity contribution >= 4 is 28.4 Å². The second kappa shape index (κ2) is 25.1. The molecule has 0 nitrogen and oxygen atoms in total. The van der Waals surface area contributed by atoms with E-state index >= 15 is 0 Å². The van der Waals surface area contributed by atoms with E-state index in [0.29, 0.717) is 0 Å². The molecule has 0 amide bonds. The van der Waals surface area contributed by atoms with Crippen molar-refractivity contribution in [3.8, 4) is 44.5 Å². The topological polar surface area (TPSA) is 0 Å². The molecule has 0 bridgehead atoms. The number of unbranched alkanes of at least 4 members (excludes halogenated alkanes) is 6. The Hall–Kier alpha value is -4.36. The van der Waals surface area contributed by atoms with E-state index in [2.05, 4.69) is 194 Å². The molecule has 0 unspecified atom stereocenters. The van der Waals surface area contributed by atoms with Crippen LogP contribution in [0.2, 0.25) is 0 Å². The van der Waals surface area contributed by atoms with E-state index in [1.54, 1.807) is 0 Å². The van der Waals surface area contributed by atoms with Crippen LogP contribution in [0.5, 0.6) is 0 Å². The summed E-state index contributed by atoms with van der Waals surface area (Å²) in [6, 6.07) is 54.7. The summed E-state index contributed by atoms with van der Waals surface area (Å²) < 4.78 is 0. The molecule has 8 aromatic carbocycles. The molecular weight excluding hydrogens is 840 g/mol. The van der Waals surface area contributed by atoms with E-state index in [9.17, 15) is 0 Å². The number of benzene rings is 6. The first-order valence-electron chi connectivity index (χ1n) is 22.3. The van der Waals surface area contributed by atoms with Crippen LogP contribution in [0.3, 0.4) is 0 Å². The summed E-state index contributed by atoms with van der Waals surface area (Å²) in [6.07, 6.45) is 12.8. The van der Waals surface area contributed by atoms with E-state index in [1.807, 2.05) is 0 Å². The van der Waals surface area contributed by atoms with Crippen LogP contribution >= 0.6 is 0 Å². The number of rotatable bonds is 14. The molecule has 8 rings (SSSR count). The van der Waals surface area contributed by atoms with Gasteiger partial charge in [-0.2, -0.15) is 12.1 Å². The first-order chi connectivity index (χ1) is 29.3. The fourth-order valence-corrected chi connectivity index (χ4v) is 8.46. The van der Waals surface area contributed by atoms with Crippen LogP contribution in [0.1, 0.15) is 98.6 Å². The van der Waals surface area contributed by atoms with Crippen LogP contribution in [-0.4, -0.2) is 6.88 Å². The van der Waals surface area contributed by atoms with Crippen molar-refractivity contribution < 1.29 is 23.3 Å². The minimum atomic E-state index is 0. The SMILES string of the molecule is CCCCCCc1cc2c(-c3ccc(C)cc3)ccc(-c3ccc(C)cc3)c2[cH-]1.CCCCCCc1cc2c(-c3ccc(C)cc3)ccc(-c3ccc(C)cc3)c2[cH-]1.[CH3-].[CH3-].[Si]=[Zr]. The van der Waals surface area contributed by atoms with E-state index in [1.165, 1.54) is 187 Å². The second-order valence-electron chi connectivity index (χ2n) is 16.8. The molecular formula is C60H68SiZr-4. The van der Waals surface area contributed by atoms with E-state index in [4.69, 9.17) is 0 Å². The standard InChI is InChI=1S/2C29H31.2CH3.Si.Zr/c2*1-4-5-6-7-8-23-19-28-26(24-13-9-21(2)10-14-24)17-18-27(29(28)20-23)25-15-11-22(3)12-16-25;;;;/h2*9-20H,4-8H2,1-3H3;2*1H3;;/q4*-1;;. The van der Waals surface area contributed by atoms with Crippen LogP contribution in [0.25, 0.3) is 66.1 Å². The Morgan fingerprint density at radius 2 is 0.645 bits per heavy atom. The molecule has 0 heterocycles. The molecule has 2 heteroatoms. The molecule has 0 aliphatic carbocycles. The Kier molecular flexibility index (Phi) is 20.3. The third-order valence-corrected chi connectivity index (χ3v) is 12.0. The monoisotopic (exact) mass is 906 g/mol. The fraction of sp³-hybridized carbons (Fsp3) is 0.267. The number of aryl methyl sites for hydroxylation is 6. The number of fused-ring (bicyclic) bond motifs is 2. The number of hydrogen-bond donors (Lipinski definition) is 0. The summed E-state index contributed by atoms with van der Waals surface area (Å²) in [4.78, 5) is 0. The van der Waals surface area contributed by atoms with E-state index < -0.39 is 0 Å². The van der Waals surface area contributed by atoms with Gasteiger partial charge in [0.25, 0.3) is 0 Å².